The molecule has 3 amide bonds. The molecule has 1 aliphatic rings. The van der Waals surface area contributed by atoms with Crippen LogP contribution in [0.1, 0.15) is 41.9 Å². The number of carbonyl (C=O) groups is 2. The van der Waals surface area contributed by atoms with Crippen molar-refractivity contribution in [3.63, 3.8) is 0 Å². The van der Waals surface area contributed by atoms with Gasteiger partial charge in [-0.05, 0) is 63.6 Å². The van der Waals surface area contributed by atoms with Crippen LogP contribution >= 0.6 is 0 Å². The van der Waals surface area contributed by atoms with Crippen LogP contribution in [0, 0.1) is 20.8 Å². The van der Waals surface area contributed by atoms with E-state index in [9.17, 15) is 9.59 Å². The highest BCUT2D eigenvalue weighted by Crippen LogP contribution is 2.30. The Bertz CT molecular complexity index is 984. The third kappa shape index (κ3) is 5.17. The molecule has 0 bridgehead atoms. The first-order valence-corrected chi connectivity index (χ1v) is 10.8. The second kappa shape index (κ2) is 9.83. The first-order chi connectivity index (χ1) is 14.8. The molecule has 0 radical (unpaired) electrons. The monoisotopic (exact) mass is 423 g/mol. The summed E-state index contributed by atoms with van der Waals surface area (Å²) in [5.41, 5.74) is 7.58. The molecular weight excluding hydrogens is 390 g/mol. The molecule has 1 aromatic heterocycles. The van der Waals surface area contributed by atoms with Crippen LogP contribution in [0.4, 0.5) is 16.2 Å². The number of benzene rings is 1. The van der Waals surface area contributed by atoms with Gasteiger partial charge in [-0.15, -0.1) is 0 Å². The average Bonchev–Trinajstić information content (AvgIpc) is 3.02. The van der Waals surface area contributed by atoms with E-state index >= 15 is 0 Å². The SMILES string of the molecule is CCN1CCN(C(=O)Nc2c(C)[nH]c(/C=C(\C)c3cc(C)ccc3NC=O)c2C)CC1. The van der Waals surface area contributed by atoms with E-state index in [4.69, 9.17) is 0 Å². The number of hydrogen-bond acceptors (Lipinski definition) is 3. The number of aryl methyl sites for hydroxylation is 2. The van der Waals surface area contributed by atoms with Crippen molar-refractivity contribution in [2.75, 3.05) is 43.4 Å². The fourth-order valence-electron chi connectivity index (χ4n) is 4.03. The topological polar surface area (TPSA) is 80.5 Å². The highest BCUT2D eigenvalue weighted by Gasteiger charge is 2.22. The lowest BCUT2D eigenvalue weighted by atomic mass is 10.0. The Kier molecular flexibility index (Phi) is 7.17. The number of allylic oxidation sites excluding steroid dienone is 1. The molecule has 0 atom stereocenters. The molecular formula is C24H33N5O2. The number of hydrogen-bond donors (Lipinski definition) is 3. The number of urea groups is 1. The molecule has 0 spiro atoms. The van der Waals surface area contributed by atoms with Crippen molar-refractivity contribution in [2.45, 2.75) is 34.6 Å². The standard InChI is InChI=1S/C24H33N5O2/c1-6-28-9-11-29(12-10-28)24(31)27-23-18(4)22(26-19(23)5)14-17(3)20-13-16(2)7-8-21(20)25-15-30/h7-8,13-15,26H,6,9-12H2,1-5H3,(H,25,30)(H,27,31)/b17-14+. The summed E-state index contributed by atoms with van der Waals surface area (Å²) in [5.74, 6) is 0. The fourth-order valence-corrected chi connectivity index (χ4v) is 4.03. The van der Waals surface area contributed by atoms with Crippen molar-refractivity contribution in [3.05, 3.63) is 46.3 Å². The number of piperazine rings is 1. The van der Waals surface area contributed by atoms with Crippen LogP contribution in [0.3, 0.4) is 0 Å². The third-order valence-electron chi connectivity index (χ3n) is 5.99. The first kappa shape index (κ1) is 22.6. The lowest BCUT2D eigenvalue weighted by molar-refractivity contribution is -0.105. The molecule has 3 N–H and O–H groups in total. The summed E-state index contributed by atoms with van der Waals surface area (Å²) in [7, 11) is 0. The number of anilines is 2. The van der Waals surface area contributed by atoms with Crippen LogP contribution in [0.2, 0.25) is 0 Å². The minimum Gasteiger partial charge on any atom is -0.357 e. The molecule has 1 fully saturated rings. The minimum atomic E-state index is -0.0515. The van der Waals surface area contributed by atoms with Gasteiger partial charge in [0.1, 0.15) is 0 Å². The van der Waals surface area contributed by atoms with E-state index < -0.39 is 0 Å². The Morgan fingerprint density at radius 3 is 2.52 bits per heavy atom. The van der Waals surface area contributed by atoms with Gasteiger partial charge in [0.15, 0.2) is 0 Å². The quantitative estimate of drug-likeness (QED) is 0.608. The summed E-state index contributed by atoms with van der Waals surface area (Å²) in [6.07, 6.45) is 2.75. The zero-order valence-corrected chi connectivity index (χ0v) is 19.1. The molecule has 166 valence electrons. The lowest BCUT2D eigenvalue weighted by Gasteiger charge is -2.34. The smallest absolute Gasteiger partial charge is 0.321 e. The number of nitrogens with zero attached hydrogens (tertiary/aromatic N) is 2. The van der Waals surface area contributed by atoms with Crippen molar-refractivity contribution in [1.82, 2.24) is 14.8 Å². The van der Waals surface area contributed by atoms with Crippen LogP contribution in [0.25, 0.3) is 11.6 Å². The van der Waals surface area contributed by atoms with Crippen molar-refractivity contribution in [1.29, 1.82) is 0 Å². The van der Waals surface area contributed by atoms with E-state index in [0.717, 1.165) is 77.7 Å². The fraction of sp³-hybridized carbons (Fsp3) is 0.417. The van der Waals surface area contributed by atoms with Gasteiger partial charge >= 0.3 is 6.03 Å². The summed E-state index contributed by atoms with van der Waals surface area (Å²) in [6.45, 7) is 14.5. The summed E-state index contributed by atoms with van der Waals surface area (Å²) >= 11 is 0. The summed E-state index contributed by atoms with van der Waals surface area (Å²) < 4.78 is 0. The van der Waals surface area contributed by atoms with E-state index in [0.29, 0.717) is 6.41 Å². The van der Waals surface area contributed by atoms with E-state index in [1.807, 2.05) is 44.7 Å². The lowest BCUT2D eigenvalue weighted by Crippen LogP contribution is -2.49. The summed E-state index contributed by atoms with van der Waals surface area (Å²) in [4.78, 5) is 31.4. The predicted octanol–water partition coefficient (Wildman–Crippen LogP) is 4.24. The van der Waals surface area contributed by atoms with E-state index in [1.165, 1.54) is 0 Å². The van der Waals surface area contributed by atoms with Gasteiger partial charge in [0.25, 0.3) is 0 Å². The molecule has 1 aromatic carbocycles. The molecule has 2 aromatic rings. The number of rotatable bonds is 6. The molecule has 2 heterocycles. The second-order valence-electron chi connectivity index (χ2n) is 8.15. The summed E-state index contributed by atoms with van der Waals surface area (Å²) in [6, 6.07) is 5.89. The van der Waals surface area contributed by atoms with Gasteiger partial charge in [0.05, 0.1) is 5.69 Å². The van der Waals surface area contributed by atoms with Gasteiger partial charge in [-0.25, -0.2) is 4.79 Å². The Hall–Kier alpha value is -3.06. The maximum atomic E-state index is 12.8. The van der Waals surface area contributed by atoms with E-state index in [-0.39, 0.29) is 6.03 Å². The summed E-state index contributed by atoms with van der Waals surface area (Å²) in [5, 5.41) is 5.88. The molecule has 7 heteroatoms. The molecule has 31 heavy (non-hydrogen) atoms. The molecule has 0 saturated carbocycles. The van der Waals surface area contributed by atoms with Crippen molar-refractivity contribution in [3.8, 4) is 0 Å². The maximum Gasteiger partial charge on any atom is 0.321 e. The minimum absolute atomic E-state index is 0.0515. The van der Waals surface area contributed by atoms with Crippen LogP contribution in [0.15, 0.2) is 18.2 Å². The average molecular weight is 424 g/mol. The molecule has 0 unspecified atom stereocenters. The maximum absolute atomic E-state index is 12.8. The Morgan fingerprint density at radius 2 is 1.87 bits per heavy atom. The van der Waals surface area contributed by atoms with E-state index in [1.54, 1.807) is 0 Å². The highest BCUT2D eigenvalue weighted by atomic mass is 16.2. The Labute approximate surface area is 184 Å². The van der Waals surface area contributed by atoms with E-state index in [2.05, 4.69) is 39.6 Å². The van der Waals surface area contributed by atoms with Gasteiger partial charge in [-0.3, -0.25) is 4.79 Å². The molecule has 1 aliphatic heterocycles. The van der Waals surface area contributed by atoms with Crippen molar-refractivity contribution >= 4 is 35.5 Å². The predicted molar refractivity (Wildman–Crippen MR) is 127 cm³/mol. The Balaban J connectivity index is 1.81. The number of amides is 3. The molecule has 1 saturated heterocycles. The first-order valence-electron chi connectivity index (χ1n) is 10.8. The normalized spacial score (nSPS) is 15.1. The number of aromatic amines is 1. The van der Waals surface area contributed by atoms with Crippen LogP contribution in [0.5, 0.6) is 0 Å². The van der Waals surface area contributed by atoms with Gasteiger partial charge < -0.3 is 25.4 Å². The van der Waals surface area contributed by atoms with Crippen molar-refractivity contribution < 1.29 is 9.59 Å². The zero-order chi connectivity index (χ0) is 22.5. The highest BCUT2D eigenvalue weighted by molar-refractivity contribution is 5.94. The zero-order valence-electron chi connectivity index (χ0n) is 19.1. The molecule has 0 aliphatic carbocycles. The van der Waals surface area contributed by atoms with Crippen LogP contribution < -0.4 is 10.6 Å². The Morgan fingerprint density at radius 1 is 1.16 bits per heavy atom. The number of aromatic nitrogens is 1. The largest absolute Gasteiger partial charge is 0.357 e. The van der Waals surface area contributed by atoms with Crippen molar-refractivity contribution in [2.24, 2.45) is 0 Å². The number of H-pyrrole nitrogens is 1. The molecule has 7 nitrogen and oxygen atoms in total. The number of carbonyl (C=O) groups excluding carboxylic acids is 2. The third-order valence-corrected chi connectivity index (χ3v) is 5.99. The van der Waals surface area contributed by atoms with Crippen LogP contribution in [-0.4, -0.2) is 59.9 Å². The number of likely N-dealkylation sites (N-methyl/N-ethyl adjacent to an activating group) is 1. The second-order valence-corrected chi connectivity index (χ2v) is 8.15. The molecule has 3 rings (SSSR count). The van der Waals surface area contributed by atoms with Gasteiger partial charge in [0, 0.05) is 48.8 Å². The van der Waals surface area contributed by atoms with Gasteiger partial charge in [0.2, 0.25) is 6.41 Å². The van der Waals surface area contributed by atoms with Gasteiger partial charge in [-0.1, -0.05) is 18.6 Å². The van der Waals surface area contributed by atoms with Gasteiger partial charge in [-0.2, -0.15) is 0 Å². The van der Waals surface area contributed by atoms with Crippen LogP contribution in [-0.2, 0) is 4.79 Å². The number of nitrogens with one attached hydrogen (secondary N) is 3.